The van der Waals surface area contributed by atoms with Crippen LogP contribution < -0.4 is 10.5 Å². The maximum absolute atomic E-state index is 12.3. The van der Waals surface area contributed by atoms with Gasteiger partial charge in [-0.05, 0) is 31.2 Å². The van der Waals surface area contributed by atoms with Crippen molar-refractivity contribution in [3.63, 3.8) is 0 Å². The number of benzene rings is 2. The van der Waals surface area contributed by atoms with Crippen molar-refractivity contribution in [1.82, 2.24) is 15.0 Å². The van der Waals surface area contributed by atoms with Crippen LogP contribution in [0.1, 0.15) is 6.92 Å². The zero-order valence-corrected chi connectivity index (χ0v) is 14.7. The predicted molar refractivity (Wildman–Crippen MR) is 99.2 cm³/mol. The van der Waals surface area contributed by atoms with E-state index in [1.807, 2.05) is 25.1 Å². The fraction of sp³-hybridized carbons (Fsp3) is 0.211. The van der Waals surface area contributed by atoms with Gasteiger partial charge in [-0.3, -0.25) is 14.4 Å². The molecule has 0 aliphatic heterocycles. The lowest BCUT2D eigenvalue weighted by atomic mass is 10.2. The molecule has 0 aliphatic carbocycles. The third-order valence-electron chi connectivity index (χ3n) is 3.95. The minimum atomic E-state index is -0.737. The van der Waals surface area contributed by atoms with Gasteiger partial charge in [0.15, 0.2) is 6.61 Å². The van der Waals surface area contributed by atoms with Crippen LogP contribution in [0, 0.1) is 0 Å². The van der Waals surface area contributed by atoms with Crippen LogP contribution in [0.5, 0.6) is 0 Å². The fourth-order valence-corrected chi connectivity index (χ4v) is 2.63. The molecule has 8 heteroatoms. The van der Waals surface area contributed by atoms with Gasteiger partial charge < -0.3 is 9.64 Å². The number of esters is 1. The number of ether oxygens (including phenoxy) is 1. The number of aromatic nitrogens is 3. The molecule has 0 bridgehead atoms. The summed E-state index contributed by atoms with van der Waals surface area (Å²) in [5, 5.41) is 7.99. The molecule has 0 fully saturated rings. The Balaban J connectivity index is 1.64. The molecule has 1 amide bonds. The minimum absolute atomic E-state index is 0.353. The molecular weight excluding hydrogens is 348 g/mol. The zero-order chi connectivity index (χ0) is 19.2. The topological polar surface area (TPSA) is 94.4 Å². The molecule has 8 nitrogen and oxygen atoms in total. The van der Waals surface area contributed by atoms with Gasteiger partial charge in [-0.1, -0.05) is 35.5 Å². The monoisotopic (exact) mass is 366 g/mol. The van der Waals surface area contributed by atoms with Crippen LogP contribution >= 0.6 is 0 Å². The second kappa shape index (κ2) is 8.22. The molecule has 1 heterocycles. The molecule has 0 spiro atoms. The molecule has 27 heavy (non-hydrogen) atoms. The number of para-hydroxylation sites is 1. The summed E-state index contributed by atoms with van der Waals surface area (Å²) < 4.78 is 5.94. The van der Waals surface area contributed by atoms with Crippen LogP contribution in [0.2, 0.25) is 0 Å². The Morgan fingerprint density at radius 1 is 1.07 bits per heavy atom. The number of fused-ring (bicyclic) bond motifs is 1. The average molecular weight is 366 g/mol. The van der Waals surface area contributed by atoms with Crippen molar-refractivity contribution in [2.75, 3.05) is 18.1 Å². The number of nitrogens with zero attached hydrogens (tertiary/aromatic N) is 4. The van der Waals surface area contributed by atoms with Crippen LogP contribution in [0.25, 0.3) is 10.9 Å². The third-order valence-corrected chi connectivity index (χ3v) is 3.95. The maximum Gasteiger partial charge on any atom is 0.328 e. The molecule has 0 saturated heterocycles. The molecule has 1 aromatic heterocycles. The van der Waals surface area contributed by atoms with Crippen LogP contribution in [0.15, 0.2) is 59.4 Å². The van der Waals surface area contributed by atoms with E-state index in [9.17, 15) is 14.4 Å². The molecule has 3 rings (SSSR count). The Bertz CT molecular complexity index is 1020. The van der Waals surface area contributed by atoms with Crippen LogP contribution in [-0.2, 0) is 20.9 Å². The molecule has 0 atom stereocenters. The standard InChI is InChI=1S/C19H18N4O4/c1-2-22(14-8-4-3-5-9-14)17(24)13-27-18(25)12-23-19(26)15-10-6-7-11-16(15)20-21-23/h3-11H,2,12-13H2,1H3. The molecule has 3 aromatic rings. The Kier molecular flexibility index (Phi) is 5.55. The van der Waals surface area contributed by atoms with E-state index in [0.717, 1.165) is 10.4 Å². The molecular formula is C19H18N4O4. The highest BCUT2D eigenvalue weighted by Gasteiger charge is 2.17. The second-order valence-electron chi connectivity index (χ2n) is 5.70. The van der Waals surface area contributed by atoms with Gasteiger partial charge in [0.2, 0.25) is 0 Å². The summed E-state index contributed by atoms with van der Waals surface area (Å²) in [5.74, 6) is -1.09. The first-order valence-electron chi connectivity index (χ1n) is 8.43. The van der Waals surface area contributed by atoms with Gasteiger partial charge in [-0.2, -0.15) is 4.68 Å². The van der Waals surface area contributed by atoms with E-state index < -0.39 is 24.7 Å². The molecule has 0 aliphatic rings. The minimum Gasteiger partial charge on any atom is -0.454 e. The van der Waals surface area contributed by atoms with Crippen molar-refractivity contribution in [1.29, 1.82) is 0 Å². The van der Waals surface area contributed by atoms with Crippen molar-refractivity contribution < 1.29 is 14.3 Å². The zero-order valence-electron chi connectivity index (χ0n) is 14.7. The normalized spacial score (nSPS) is 10.6. The number of carbonyl (C=O) groups excluding carboxylic acids is 2. The number of hydrogen-bond donors (Lipinski definition) is 0. The SMILES string of the molecule is CCN(C(=O)COC(=O)Cn1nnc2ccccc2c1=O)c1ccccc1. The largest absolute Gasteiger partial charge is 0.454 e. The molecule has 0 saturated carbocycles. The van der Waals surface area contributed by atoms with Crippen LogP contribution in [0.3, 0.4) is 0 Å². The first-order valence-corrected chi connectivity index (χ1v) is 8.43. The highest BCUT2D eigenvalue weighted by atomic mass is 16.5. The number of hydrogen-bond acceptors (Lipinski definition) is 6. The maximum atomic E-state index is 12.3. The number of anilines is 1. The lowest BCUT2D eigenvalue weighted by molar-refractivity contribution is -0.148. The van der Waals surface area contributed by atoms with Gasteiger partial charge in [0.05, 0.1) is 5.39 Å². The molecule has 0 N–H and O–H groups in total. The van der Waals surface area contributed by atoms with Gasteiger partial charge >= 0.3 is 5.97 Å². The molecule has 138 valence electrons. The van der Waals surface area contributed by atoms with Crippen LogP contribution in [0.4, 0.5) is 5.69 Å². The third kappa shape index (κ3) is 4.17. The number of amides is 1. The number of rotatable bonds is 6. The highest BCUT2D eigenvalue weighted by molar-refractivity contribution is 5.95. The molecule has 2 aromatic carbocycles. The summed E-state index contributed by atoms with van der Waals surface area (Å²) in [6, 6.07) is 15.8. The first kappa shape index (κ1) is 18.2. The lowest BCUT2D eigenvalue weighted by Crippen LogP contribution is -2.35. The van der Waals surface area contributed by atoms with E-state index in [4.69, 9.17) is 4.74 Å². The summed E-state index contributed by atoms with van der Waals surface area (Å²) in [6.45, 7) is 1.44. The van der Waals surface area contributed by atoms with Crippen molar-refractivity contribution in [2.24, 2.45) is 0 Å². The van der Waals surface area contributed by atoms with Crippen molar-refractivity contribution >= 4 is 28.5 Å². The number of likely N-dealkylation sites (N-methyl/N-ethyl adjacent to an activating group) is 1. The van der Waals surface area contributed by atoms with Gasteiger partial charge in [-0.25, -0.2) is 0 Å². The summed E-state index contributed by atoms with van der Waals surface area (Å²) in [4.78, 5) is 38.2. The van der Waals surface area contributed by atoms with Gasteiger partial charge in [0.25, 0.3) is 11.5 Å². The van der Waals surface area contributed by atoms with E-state index in [0.29, 0.717) is 17.4 Å². The highest BCUT2D eigenvalue weighted by Crippen LogP contribution is 2.13. The Labute approximate surface area is 155 Å². The smallest absolute Gasteiger partial charge is 0.328 e. The summed E-state index contributed by atoms with van der Waals surface area (Å²) in [5.41, 5.74) is 0.727. The summed E-state index contributed by atoms with van der Waals surface area (Å²) >= 11 is 0. The fourth-order valence-electron chi connectivity index (χ4n) is 2.63. The lowest BCUT2D eigenvalue weighted by Gasteiger charge is -2.20. The second-order valence-corrected chi connectivity index (χ2v) is 5.70. The van der Waals surface area contributed by atoms with Crippen molar-refractivity contribution in [3.8, 4) is 0 Å². The van der Waals surface area contributed by atoms with E-state index in [1.54, 1.807) is 36.4 Å². The Morgan fingerprint density at radius 2 is 1.78 bits per heavy atom. The van der Waals surface area contributed by atoms with E-state index in [1.165, 1.54) is 4.90 Å². The summed E-state index contributed by atoms with van der Waals surface area (Å²) in [6.07, 6.45) is 0. The summed E-state index contributed by atoms with van der Waals surface area (Å²) in [7, 11) is 0. The van der Waals surface area contributed by atoms with Gasteiger partial charge in [0.1, 0.15) is 12.1 Å². The van der Waals surface area contributed by atoms with E-state index >= 15 is 0 Å². The van der Waals surface area contributed by atoms with Gasteiger partial charge in [0, 0.05) is 12.2 Å². The Hall–Kier alpha value is -3.55. The molecule has 0 unspecified atom stereocenters. The first-order chi connectivity index (χ1) is 13.1. The predicted octanol–water partition coefficient (Wildman–Crippen LogP) is 1.39. The van der Waals surface area contributed by atoms with Crippen molar-refractivity contribution in [2.45, 2.75) is 13.5 Å². The quantitative estimate of drug-likeness (QED) is 0.612. The van der Waals surface area contributed by atoms with Crippen molar-refractivity contribution in [3.05, 3.63) is 65.0 Å². The Morgan fingerprint density at radius 3 is 2.52 bits per heavy atom. The van der Waals surface area contributed by atoms with E-state index in [-0.39, 0.29) is 5.91 Å². The van der Waals surface area contributed by atoms with E-state index in [2.05, 4.69) is 10.3 Å². The average Bonchev–Trinajstić information content (AvgIpc) is 2.70. The number of carbonyl (C=O) groups is 2. The molecule has 0 radical (unpaired) electrons. The van der Waals surface area contributed by atoms with Gasteiger partial charge in [-0.15, -0.1) is 5.10 Å². The van der Waals surface area contributed by atoms with Crippen LogP contribution in [-0.4, -0.2) is 40.0 Å².